The SMILES string of the molecule is O=C(NN=Cc1ccncc1)c1ccc(NC(=O)c2cccc(Cl)c2)cc1. The summed E-state index contributed by atoms with van der Waals surface area (Å²) in [5.41, 5.74) is 4.71. The number of anilines is 1. The zero-order valence-electron chi connectivity index (χ0n) is 14.1. The van der Waals surface area contributed by atoms with Crippen molar-refractivity contribution in [1.29, 1.82) is 0 Å². The Morgan fingerprint density at radius 3 is 2.37 bits per heavy atom. The summed E-state index contributed by atoms with van der Waals surface area (Å²) in [7, 11) is 0. The molecule has 0 aliphatic heterocycles. The molecule has 0 radical (unpaired) electrons. The molecule has 1 aromatic heterocycles. The zero-order valence-corrected chi connectivity index (χ0v) is 14.9. The highest BCUT2D eigenvalue weighted by Gasteiger charge is 2.08. The van der Waals surface area contributed by atoms with Gasteiger partial charge >= 0.3 is 0 Å². The van der Waals surface area contributed by atoms with Gasteiger partial charge in [-0.1, -0.05) is 17.7 Å². The lowest BCUT2D eigenvalue weighted by Gasteiger charge is -2.06. The van der Waals surface area contributed by atoms with E-state index in [0.29, 0.717) is 21.8 Å². The van der Waals surface area contributed by atoms with Crippen LogP contribution in [0.15, 0.2) is 78.2 Å². The molecule has 0 aliphatic carbocycles. The number of rotatable bonds is 5. The van der Waals surface area contributed by atoms with Gasteiger partial charge in [-0.05, 0) is 60.2 Å². The van der Waals surface area contributed by atoms with Crippen LogP contribution in [0.3, 0.4) is 0 Å². The van der Waals surface area contributed by atoms with Crippen LogP contribution in [0.4, 0.5) is 5.69 Å². The maximum Gasteiger partial charge on any atom is 0.271 e. The van der Waals surface area contributed by atoms with Crippen LogP contribution in [-0.4, -0.2) is 23.0 Å². The number of benzene rings is 2. The fraction of sp³-hybridized carbons (Fsp3) is 0. The van der Waals surface area contributed by atoms with Crippen LogP contribution in [-0.2, 0) is 0 Å². The number of carbonyl (C=O) groups excluding carboxylic acids is 2. The van der Waals surface area contributed by atoms with Crippen molar-refractivity contribution in [3.8, 4) is 0 Å². The number of aromatic nitrogens is 1. The van der Waals surface area contributed by atoms with Crippen molar-refractivity contribution < 1.29 is 9.59 Å². The summed E-state index contributed by atoms with van der Waals surface area (Å²) in [4.78, 5) is 28.2. The largest absolute Gasteiger partial charge is 0.322 e. The molecule has 27 heavy (non-hydrogen) atoms. The maximum absolute atomic E-state index is 12.2. The molecular formula is C20H15ClN4O2. The molecule has 1 heterocycles. The molecule has 7 heteroatoms. The number of nitrogens with zero attached hydrogens (tertiary/aromatic N) is 2. The third-order valence-electron chi connectivity index (χ3n) is 3.58. The van der Waals surface area contributed by atoms with Crippen molar-refractivity contribution in [2.75, 3.05) is 5.32 Å². The third-order valence-corrected chi connectivity index (χ3v) is 3.81. The van der Waals surface area contributed by atoms with E-state index in [4.69, 9.17) is 11.6 Å². The lowest BCUT2D eigenvalue weighted by atomic mass is 10.1. The van der Waals surface area contributed by atoms with Gasteiger partial charge in [0.1, 0.15) is 0 Å². The fourth-order valence-electron chi connectivity index (χ4n) is 2.22. The summed E-state index contributed by atoms with van der Waals surface area (Å²) < 4.78 is 0. The zero-order chi connectivity index (χ0) is 19.1. The van der Waals surface area contributed by atoms with E-state index in [1.807, 2.05) is 0 Å². The first-order valence-electron chi connectivity index (χ1n) is 8.02. The van der Waals surface area contributed by atoms with Crippen molar-refractivity contribution in [1.82, 2.24) is 10.4 Å². The number of halogens is 1. The standard InChI is InChI=1S/C20H15ClN4O2/c21-17-3-1-2-16(12-17)19(26)24-18-6-4-15(5-7-18)20(27)25-23-13-14-8-10-22-11-9-14/h1-13H,(H,24,26)(H,25,27). The van der Waals surface area contributed by atoms with Crippen LogP contribution in [0.1, 0.15) is 26.3 Å². The van der Waals surface area contributed by atoms with Crippen LogP contribution < -0.4 is 10.7 Å². The first-order chi connectivity index (χ1) is 13.1. The highest BCUT2D eigenvalue weighted by Crippen LogP contribution is 2.14. The Morgan fingerprint density at radius 1 is 0.926 bits per heavy atom. The van der Waals surface area contributed by atoms with Gasteiger partial charge in [-0.25, -0.2) is 5.43 Å². The van der Waals surface area contributed by atoms with Crippen LogP contribution in [0, 0.1) is 0 Å². The van der Waals surface area contributed by atoms with Crippen molar-refractivity contribution in [2.45, 2.75) is 0 Å². The molecule has 2 N–H and O–H groups in total. The van der Waals surface area contributed by atoms with Crippen LogP contribution in [0.25, 0.3) is 0 Å². The Balaban J connectivity index is 1.58. The second-order valence-corrected chi connectivity index (χ2v) is 5.96. The predicted molar refractivity (Wildman–Crippen MR) is 105 cm³/mol. The minimum Gasteiger partial charge on any atom is -0.322 e. The number of pyridine rings is 1. The van der Waals surface area contributed by atoms with Gasteiger partial charge < -0.3 is 5.32 Å². The highest BCUT2D eigenvalue weighted by molar-refractivity contribution is 6.31. The van der Waals surface area contributed by atoms with Crippen molar-refractivity contribution in [2.24, 2.45) is 5.10 Å². The molecule has 0 aliphatic rings. The quantitative estimate of drug-likeness (QED) is 0.524. The molecule has 0 spiro atoms. The topological polar surface area (TPSA) is 83.4 Å². The van der Waals surface area contributed by atoms with E-state index in [-0.39, 0.29) is 11.8 Å². The molecule has 3 rings (SSSR count). The van der Waals surface area contributed by atoms with Crippen LogP contribution >= 0.6 is 11.6 Å². The van der Waals surface area contributed by atoms with Gasteiger partial charge in [0.2, 0.25) is 0 Å². The average molecular weight is 379 g/mol. The number of amides is 2. The Labute approximate surface area is 160 Å². The monoisotopic (exact) mass is 378 g/mol. The van der Waals surface area contributed by atoms with Gasteiger partial charge in [0.15, 0.2) is 0 Å². The van der Waals surface area contributed by atoms with Gasteiger partial charge in [0.25, 0.3) is 11.8 Å². The fourth-order valence-corrected chi connectivity index (χ4v) is 2.41. The summed E-state index contributed by atoms with van der Waals surface area (Å²) in [6.07, 6.45) is 4.80. The van der Waals surface area contributed by atoms with Crippen LogP contribution in [0.2, 0.25) is 5.02 Å². The van der Waals surface area contributed by atoms with E-state index in [9.17, 15) is 9.59 Å². The molecule has 0 atom stereocenters. The maximum atomic E-state index is 12.2. The molecule has 2 aromatic carbocycles. The molecule has 3 aromatic rings. The number of nitrogens with one attached hydrogen (secondary N) is 2. The average Bonchev–Trinajstić information content (AvgIpc) is 2.69. The first-order valence-corrected chi connectivity index (χ1v) is 8.40. The van der Waals surface area contributed by atoms with Crippen molar-refractivity contribution in [3.05, 3.63) is 94.8 Å². The van der Waals surface area contributed by atoms with Gasteiger partial charge in [0.05, 0.1) is 6.21 Å². The molecule has 0 bridgehead atoms. The van der Waals surface area contributed by atoms with Gasteiger partial charge in [-0.2, -0.15) is 5.10 Å². The summed E-state index contributed by atoms with van der Waals surface area (Å²) in [6.45, 7) is 0. The Morgan fingerprint density at radius 2 is 1.67 bits per heavy atom. The van der Waals surface area contributed by atoms with Crippen molar-refractivity contribution in [3.63, 3.8) is 0 Å². The van der Waals surface area contributed by atoms with E-state index >= 15 is 0 Å². The summed E-state index contributed by atoms with van der Waals surface area (Å²) in [6, 6.07) is 16.7. The number of hydrogen-bond donors (Lipinski definition) is 2. The Bertz CT molecular complexity index is 973. The summed E-state index contributed by atoms with van der Waals surface area (Å²) in [5, 5.41) is 7.14. The minimum absolute atomic E-state index is 0.281. The van der Waals surface area contributed by atoms with E-state index < -0.39 is 0 Å². The molecule has 0 saturated carbocycles. The van der Waals surface area contributed by atoms with Gasteiger partial charge in [0, 0.05) is 34.2 Å². The van der Waals surface area contributed by atoms with Crippen molar-refractivity contribution >= 4 is 35.3 Å². The summed E-state index contributed by atoms with van der Waals surface area (Å²) >= 11 is 5.89. The first kappa shape index (κ1) is 18.3. The van der Waals surface area contributed by atoms with Gasteiger partial charge in [-0.15, -0.1) is 0 Å². The third kappa shape index (κ3) is 5.23. The predicted octanol–water partition coefficient (Wildman–Crippen LogP) is 3.75. The van der Waals surface area contributed by atoms with E-state index in [2.05, 4.69) is 20.8 Å². The summed E-state index contributed by atoms with van der Waals surface area (Å²) in [5.74, 6) is -0.635. The van der Waals surface area contributed by atoms with E-state index in [0.717, 1.165) is 5.56 Å². The van der Waals surface area contributed by atoms with Gasteiger partial charge in [-0.3, -0.25) is 14.6 Å². The van der Waals surface area contributed by atoms with E-state index in [1.54, 1.807) is 73.1 Å². The van der Waals surface area contributed by atoms with E-state index in [1.165, 1.54) is 6.21 Å². The second-order valence-electron chi connectivity index (χ2n) is 5.52. The lowest BCUT2D eigenvalue weighted by Crippen LogP contribution is -2.17. The molecule has 0 saturated heterocycles. The smallest absolute Gasteiger partial charge is 0.271 e. The molecule has 0 fully saturated rings. The Kier molecular flexibility index (Phi) is 5.91. The second kappa shape index (κ2) is 8.73. The molecule has 2 amide bonds. The lowest BCUT2D eigenvalue weighted by molar-refractivity contribution is 0.0954. The molecule has 134 valence electrons. The molecule has 6 nitrogen and oxygen atoms in total. The number of hydrogen-bond acceptors (Lipinski definition) is 4. The number of hydrazone groups is 1. The number of carbonyl (C=O) groups is 2. The molecule has 0 unspecified atom stereocenters. The molecular weight excluding hydrogens is 364 g/mol. The minimum atomic E-state index is -0.354. The highest BCUT2D eigenvalue weighted by atomic mass is 35.5. The van der Waals surface area contributed by atoms with Crippen LogP contribution in [0.5, 0.6) is 0 Å². The Hall–Kier alpha value is -3.51. The normalized spacial score (nSPS) is 10.6.